The van der Waals surface area contributed by atoms with Crippen LogP contribution in [-0.4, -0.2) is 38.8 Å². The maximum Gasteiger partial charge on any atom is 0.323 e. The zero-order chi connectivity index (χ0) is 27.6. The lowest BCUT2D eigenvalue weighted by Gasteiger charge is -2.16. The molecule has 0 amide bonds. The van der Waals surface area contributed by atoms with Crippen molar-refractivity contribution in [2.24, 2.45) is 0 Å². The van der Waals surface area contributed by atoms with Gasteiger partial charge in [0, 0.05) is 36.1 Å². The second kappa shape index (κ2) is 13.1. The number of hydrogen-bond donors (Lipinski definition) is 3. The van der Waals surface area contributed by atoms with Crippen molar-refractivity contribution in [2.45, 2.75) is 32.7 Å². The van der Waals surface area contributed by atoms with E-state index in [0.717, 1.165) is 22.3 Å². The number of ether oxygens (including phenoxy) is 2. The van der Waals surface area contributed by atoms with Gasteiger partial charge in [0.15, 0.2) is 0 Å². The number of aliphatic hydroxyl groups is 1. The Labute approximate surface area is 226 Å². The number of aromatic nitrogens is 2. The summed E-state index contributed by atoms with van der Waals surface area (Å²) in [7, 11) is 0. The lowest BCUT2D eigenvalue weighted by Crippen LogP contribution is -2.39. The molecule has 2 heterocycles. The van der Waals surface area contributed by atoms with Crippen LogP contribution in [0.1, 0.15) is 27.8 Å². The molecule has 0 fully saturated rings. The van der Waals surface area contributed by atoms with E-state index in [1.807, 2.05) is 36.4 Å². The molecule has 4 rings (SSSR count). The minimum Gasteiger partial charge on any atom is -0.480 e. The summed E-state index contributed by atoms with van der Waals surface area (Å²) in [6.45, 7) is 1.97. The molecule has 0 saturated heterocycles. The zero-order valence-electron chi connectivity index (χ0n) is 21.4. The molecular weight excluding hydrogens is 496 g/mol. The molecule has 0 spiro atoms. The second-order valence-electron chi connectivity index (χ2n) is 8.79. The molecule has 198 valence electrons. The minimum absolute atomic E-state index is 0.0898. The molecule has 0 aliphatic carbocycles. The van der Waals surface area contributed by atoms with Crippen molar-refractivity contribution < 1.29 is 24.5 Å². The summed E-state index contributed by atoms with van der Waals surface area (Å²) < 4.78 is 12.0. The van der Waals surface area contributed by atoms with Crippen LogP contribution in [0.4, 0.5) is 0 Å². The molecule has 1 atom stereocenters. The highest BCUT2D eigenvalue weighted by Crippen LogP contribution is 2.27. The summed E-state index contributed by atoms with van der Waals surface area (Å²) >= 11 is 0. The Kier molecular flexibility index (Phi) is 9.19. The van der Waals surface area contributed by atoms with Crippen molar-refractivity contribution in [3.05, 3.63) is 107 Å². The Morgan fingerprint density at radius 3 is 2.59 bits per heavy atom. The molecule has 0 unspecified atom stereocenters. The molecule has 0 aliphatic rings. The summed E-state index contributed by atoms with van der Waals surface area (Å²) in [5, 5.41) is 30.5. The number of nitrogens with one attached hydrogen (secondary N) is 1. The SMILES string of the molecule is Cc1c(COc2ccc(CN[C@H](CO)C(=O)O)c(OCc3cncc(C#N)c3)n2)cccc1-c1ccccc1. The van der Waals surface area contributed by atoms with E-state index in [0.29, 0.717) is 22.6 Å². The topological polar surface area (TPSA) is 138 Å². The van der Waals surface area contributed by atoms with Crippen LogP contribution in [0.3, 0.4) is 0 Å². The third kappa shape index (κ3) is 7.17. The van der Waals surface area contributed by atoms with E-state index < -0.39 is 18.6 Å². The van der Waals surface area contributed by atoms with Crippen molar-refractivity contribution in [2.75, 3.05) is 6.61 Å². The van der Waals surface area contributed by atoms with E-state index in [1.165, 1.54) is 6.20 Å². The van der Waals surface area contributed by atoms with Crippen molar-refractivity contribution in [3.8, 4) is 29.0 Å². The van der Waals surface area contributed by atoms with Crippen molar-refractivity contribution in [3.63, 3.8) is 0 Å². The number of aliphatic hydroxyl groups excluding tert-OH is 1. The fraction of sp³-hybridized carbons (Fsp3) is 0.200. The third-order valence-corrected chi connectivity index (χ3v) is 6.14. The van der Waals surface area contributed by atoms with Gasteiger partial charge >= 0.3 is 5.97 Å². The van der Waals surface area contributed by atoms with Crippen molar-refractivity contribution >= 4 is 5.97 Å². The van der Waals surface area contributed by atoms with Crippen molar-refractivity contribution in [1.82, 2.24) is 15.3 Å². The Hall–Kier alpha value is -4.78. The van der Waals surface area contributed by atoms with Gasteiger partial charge in [-0.15, -0.1) is 0 Å². The fourth-order valence-corrected chi connectivity index (χ4v) is 3.96. The van der Waals surface area contributed by atoms with Crippen LogP contribution in [0.25, 0.3) is 11.1 Å². The smallest absolute Gasteiger partial charge is 0.323 e. The quantitative estimate of drug-likeness (QED) is 0.251. The molecule has 39 heavy (non-hydrogen) atoms. The number of carbonyl (C=O) groups is 1. The van der Waals surface area contributed by atoms with Gasteiger partial charge in [-0.25, -0.2) is 0 Å². The molecular formula is C30H28N4O5. The Bertz CT molecular complexity index is 1470. The lowest BCUT2D eigenvalue weighted by atomic mass is 9.97. The number of aliphatic carboxylic acids is 1. The highest BCUT2D eigenvalue weighted by molar-refractivity contribution is 5.73. The van der Waals surface area contributed by atoms with Gasteiger partial charge in [0.1, 0.15) is 25.3 Å². The predicted molar refractivity (Wildman–Crippen MR) is 144 cm³/mol. The average Bonchev–Trinajstić information content (AvgIpc) is 2.97. The van der Waals surface area contributed by atoms with Crippen molar-refractivity contribution in [1.29, 1.82) is 5.26 Å². The first-order valence-corrected chi connectivity index (χ1v) is 12.3. The minimum atomic E-state index is -1.17. The van der Waals surface area contributed by atoms with Gasteiger partial charge < -0.3 is 19.7 Å². The molecule has 9 nitrogen and oxygen atoms in total. The van der Waals surface area contributed by atoms with E-state index in [1.54, 1.807) is 24.4 Å². The van der Waals surface area contributed by atoms with E-state index >= 15 is 0 Å². The highest BCUT2D eigenvalue weighted by atomic mass is 16.5. The maximum absolute atomic E-state index is 11.3. The lowest BCUT2D eigenvalue weighted by molar-refractivity contribution is -0.140. The van der Waals surface area contributed by atoms with Crippen LogP contribution in [0, 0.1) is 18.3 Å². The van der Waals surface area contributed by atoms with Gasteiger partial charge in [0.05, 0.1) is 12.2 Å². The summed E-state index contributed by atoms with van der Waals surface area (Å²) in [5.41, 5.74) is 6.03. The first-order chi connectivity index (χ1) is 19.0. The number of nitrogens with zero attached hydrogens (tertiary/aromatic N) is 3. The number of hydrogen-bond acceptors (Lipinski definition) is 8. The standard InChI is InChI=1S/C30H28N4O5/c1-20-25(8-5-9-26(20)23-6-3-2-4-7-23)19-38-28-11-10-24(16-33-27(17-35)30(36)37)29(34-28)39-18-22-12-21(13-31)14-32-15-22/h2-12,14-15,27,33,35H,16-19H2,1H3,(H,36,37)/t27-/m1/s1. The van der Waals surface area contributed by atoms with E-state index in [9.17, 15) is 15.0 Å². The molecule has 0 bridgehead atoms. The number of carboxylic acids is 1. The first kappa shape index (κ1) is 27.3. The summed E-state index contributed by atoms with van der Waals surface area (Å²) in [4.78, 5) is 19.9. The van der Waals surface area contributed by atoms with Gasteiger partial charge in [0.2, 0.25) is 11.8 Å². The van der Waals surface area contributed by atoms with Crippen LogP contribution in [0.5, 0.6) is 11.8 Å². The van der Waals surface area contributed by atoms with E-state index in [4.69, 9.17) is 14.7 Å². The van der Waals surface area contributed by atoms with Crippen LogP contribution >= 0.6 is 0 Å². The summed E-state index contributed by atoms with van der Waals surface area (Å²) in [6, 6.07) is 22.2. The molecule has 9 heteroatoms. The number of rotatable bonds is 12. The van der Waals surface area contributed by atoms with Crippen LogP contribution in [0.2, 0.25) is 0 Å². The molecule has 4 aromatic rings. The van der Waals surface area contributed by atoms with E-state index in [2.05, 4.69) is 40.4 Å². The largest absolute Gasteiger partial charge is 0.480 e. The average molecular weight is 525 g/mol. The van der Waals surface area contributed by atoms with Crippen LogP contribution in [-0.2, 0) is 24.6 Å². The number of carboxylic acid groups (broad SMARTS) is 1. The zero-order valence-corrected chi connectivity index (χ0v) is 21.4. The van der Waals surface area contributed by atoms with Crippen LogP contribution < -0.4 is 14.8 Å². The molecule has 2 aromatic heterocycles. The summed E-state index contributed by atoms with van der Waals surface area (Å²) in [5.74, 6) is -0.598. The summed E-state index contributed by atoms with van der Waals surface area (Å²) in [6.07, 6.45) is 3.05. The highest BCUT2D eigenvalue weighted by Gasteiger charge is 2.17. The molecule has 2 aromatic carbocycles. The normalized spacial score (nSPS) is 11.4. The molecule has 0 aliphatic heterocycles. The van der Waals surface area contributed by atoms with Gasteiger partial charge in [-0.05, 0) is 41.3 Å². The van der Waals surface area contributed by atoms with Gasteiger partial charge in [0.25, 0.3) is 0 Å². The van der Waals surface area contributed by atoms with Gasteiger partial charge in [-0.2, -0.15) is 10.2 Å². The molecule has 0 saturated carbocycles. The predicted octanol–water partition coefficient (Wildman–Crippen LogP) is 4.02. The third-order valence-electron chi connectivity index (χ3n) is 6.14. The second-order valence-corrected chi connectivity index (χ2v) is 8.79. The Morgan fingerprint density at radius 2 is 1.85 bits per heavy atom. The maximum atomic E-state index is 11.3. The number of nitriles is 1. The Balaban J connectivity index is 1.53. The molecule has 3 N–H and O–H groups in total. The van der Waals surface area contributed by atoms with Gasteiger partial charge in [-0.3, -0.25) is 15.1 Å². The monoisotopic (exact) mass is 524 g/mol. The first-order valence-electron chi connectivity index (χ1n) is 12.3. The number of pyridine rings is 2. The Morgan fingerprint density at radius 1 is 1.03 bits per heavy atom. The van der Waals surface area contributed by atoms with Gasteiger partial charge in [-0.1, -0.05) is 48.5 Å². The molecule has 0 radical (unpaired) electrons. The van der Waals surface area contributed by atoms with Crippen LogP contribution in [0.15, 0.2) is 79.1 Å². The van der Waals surface area contributed by atoms with E-state index in [-0.39, 0.29) is 25.6 Å². The number of benzene rings is 2. The fourth-order valence-electron chi connectivity index (χ4n) is 3.96.